The molecule has 0 amide bonds. The number of isocyanates is 1. The third-order valence-electron chi connectivity index (χ3n) is 5.11. The lowest BCUT2D eigenvalue weighted by Crippen LogP contribution is -2.21. The van der Waals surface area contributed by atoms with Gasteiger partial charge in [0.05, 0.1) is 5.54 Å². The third kappa shape index (κ3) is 2.58. The van der Waals surface area contributed by atoms with E-state index in [1.165, 1.54) is 36.8 Å². The van der Waals surface area contributed by atoms with E-state index in [-0.39, 0.29) is 5.54 Å². The molecule has 0 N–H and O–H groups in total. The van der Waals surface area contributed by atoms with E-state index in [9.17, 15) is 4.79 Å². The van der Waals surface area contributed by atoms with E-state index in [4.69, 9.17) is 0 Å². The molecule has 2 aliphatic rings. The van der Waals surface area contributed by atoms with Crippen LogP contribution in [-0.2, 0) is 10.3 Å². The van der Waals surface area contributed by atoms with Crippen molar-refractivity contribution < 1.29 is 4.79 Å². The maximum Gasteiger partial charge on any atom is 0.235 e. The summed E-state index contributed by atoms with van der Waals surface area (Å²) in [6.45, 7) is 4.76. The van der Waals surface area contributed by atoms with E-state index in [1.807, 2.05) is 0 Å². The van der Waals surface area contributed by atoms with Gasteiger partial charge in [0.25, 0.3) is 0 Å². The maximum absolute atomic E-state index is 10.5. The van der Waals surface area contributed by atoms with Gasteiger partial charge in [-0.15, -0.1) is 0 Å². The van der Waals surface area contributed by atoms with Crippen LogP contribution in [0.25, 0.3) is 0 Å². The second kappa shape index (κ2) is 4.86. The van der Waals surface area contributed by atoms with Gasteiger partial charge >= 0.3 is 0 Å². The van der Waals surface area contributed by atoms with E-state index in [1.54, 1.807) is 6.08 Å². The summed E-state index contributed by atoms with van der Waals surface area (Å²) in [5, 5.41) is 0. The second-order valence-electron chi connectivity index (χ2n) is 7.31. The molecule has 1 atom stereocenters. The highest BCUT2D eigenvalue weighted by Gasteiger charge is 2.44. The van der Waals surface area contributed by atoms with Crippen LogP contribution in [0.15, 0.2) is 29.3 Å². The summed E-state index contributed by atoms with van der Waals surface area (Å²) in [6, 6.07) is 8.85. The van der Waals surface area contributed by atoms with E-state index >= 15 is 0 Å². The van der Waals surface area contributed by atoms with Gasteiger partial charge < -0.3 is 0 Å². The minimum atomic E-state index is -0.230. The monoisotopic (exact) mass is 269 g/mol. The molecule has 0 radical (unpaired) electrons. The predicted octanol–water partition coefficient (Wildman–Crippen LogP) is 4.70. The number of benzene rings is 1. The number of hydrogen-bond acceptors (Lipinski definition) is 2. The van der Waals surface area contributed by atoms with Crippen molar-refractivity contribution in [2.75, 3.05) is 0 Å². The van der Waals surface area contributed by atoms with E-state index in [2.05, 4.69) is 43.1 Å². The van der Waals surface area contributed by atoms with Crippen molar-refractivity contribution in [3.8, 4) is 0 Å². The Morgan fingerprint density at radius 1 is 1.15 bits per heavy atom. The van der Waals surface area contributed by atoms with Gasteiger partial charge in [0.15, 0.2) is 0 Å². The van der Waals surface area contributed by atoms with Crippen LogP contribution in [0.5, 0.6) is 0 Å². The highest BCUT2D eigenvalue weighted by Crippen LogP contribution is 2.50. The van der Waals surface area contributed by atoms with E-state index < -0.39 is 0 Å². The van der Waals surface area contributed by atoms with Gasteiger partial charge in [0.2, 0.25) is 6.08 Å². The molecule has 0 saturated heterocycles. The molecule has 1 aromatic carbocycles. The molecule has 106 valence electrons. The molecule has 0 aromatic heterocycles. The van der Waals surface area contributed by atoms with Crippen molar-refractivity contribution in [1.29, 1.82) is 0 Å². The zero-order valence-electron chi connectivity index (χ0n) is 12.5. The van der Waals surface area contributed by atoms with Gasteiger partial charge in [-0.25, -0.2) is 4.79 Å². The number of aliphatic imine (C=N–C) groups is 1. The summed E-state index contributed by atoms with van der Waals surface area (Å²) >= 11 is 0. The van der Waals surface area contributed by atoms with Crippen LogP contribution in [0.4, 0.5) is 0 Å². The topological polar surface area (TPSA) is 29.4 Å². The van der Waals surface area contributed by atoms with Gasteiger partial charge in [0.1, 0.15) is 0 Å². The number of rotatable bonds is 3. The van der Waals surface area contributed by atoms with Crippen molar-refractivity contribution in [2.45, 2.75) is 63.8 Å². The molecule has 0 aliphatic heterocycles. The molecule has 3 rings (SSSR count). The Hall–Kier alpha value is -1.40. The third-order valence-corrected chi connectivity index (χ3v) is 5.11. The highest BCUT2D eigenvalue weighted by atomic mass is 16.1. The number of nitrogens with zero attached hydrogens (tertiary/aromatic N) is 1. The summed E-state index contributed by atoms with van der Waals surface area (Å²) in [5.41, 5.74) is 2.87. The first-order valence-electron chi connectivity index (χ1n) is 7.74. The summed E-state index contributed by atoms with van der Waals surface area (Å²) in [5.74, 6) is 0.692. The lowest BCUT2D eigenvalue weighted by molar-refractivity contribution is 0.219. The highest BCUT2D eigenvalue weighted by molar-refractivity contribution is 5.42. The molecular formula is C18H23NO. The number of carbonyl (C=O) groups excluding carboxylic acids is 1. The maximum atomic E-state index is 10.5. The van der Waals surface area contributed by atoms with Gasteiger partial charge in [-0.1, -0.05) is 44.5 Å². The molecule has 2 fully saturated rings. The van der Waals surface area contributed by atoms with E-state index in [0.717, 1.165) is 12.8 Å². The average molecular weight is 269 g/mol. The molecule has 0 heterocycles. The summed E-state index contributed by atoms with van der Waals surface area (Å²) in [4.78, 5) is 14.5. The molecule has 0 spiro atoms. The zero-order valence-corrected chi connectivity index (χ0v) is 12.5. The van der Waals surface area contributed by atoms with Crippen LogP contribution in [0.2, 0.25) is 0 Å². The Labute approximate surface area is 121 Å². The smallest absolute Gasteiger partial charge is 0.211 e. The molecule has 20 heavy (non-hydrogen) atoms. The fourth-order valence-corrected chi connectivity index (χ4v) is 3.72. The molecule has 2 heteroatoms. The van der Waals surface area contributed by atoms with Crippen molar-refractivity contribution in [3.63, 3.8) is 0 Å². The minimum Gasteiger partial charge on any atom is -0.211 e. The Morgan fingerprint density at radius 2 is 1.85 bits per heavy atom. The molecule has 1 unspecified atom stereocenters. The van der Waals surface area contributed by atoms with Crippen LogP contribution in [0.3, 0.4) is 0 Å². The standard InChI is InChI=1S/C18H23NO/c1-17(2)9-3-4-15(12-17)14-5-7-16(8-6-14)18(10-11-18)19-13-20/h5-8,15H,3-4,9-12H2,1-2H3. The summed E-state index contributed by atoms with van der Waals surface area (Å²) in [6.07, 6.45) is 8.97. The van der Waals surface area contributed by atoms with E-state index in [0.29, 0.717) is 11.3 Å². The second-order valence-corrected chi connectivity index (χ2v) is 7.31. The van der Waals surface area contributed by atoms with Crippen molar-refractivity contribution in [1.82, 2.24) is 0 Å². The van der Waals surface area contributed by atoms with Crippen molar-refractivity contribution in [2.24, 2.45) is 10.4 Å². The van der Waals surface area contributed by atoms with Gasteiger partial charge in [-0.2, -0.15) is 4.99 Å². The van der Waals surface area contributed by atoms with Gasteiger partial charge in [-0.05, 0) is 54.6 Å². The minimum absolute atomic E-state index is 0.230. The van der Waals surface area contributed by atoms with Crippen LogP contribution in [-0.4, -0.2) is 6.08 Å². The van der Waals surface area contributed by atoms with Gasteiger partial charge in [-0.3, -0.25) is 0 Å². The van der Waals surface area contributed by atoms with Crippen LogP contribution < -0.4 is 0 Å². The SMILES string of the molecule is CC1(C)CCCC(c2ccc(C3(N=C=O)CC3)cc2)C1. The first kappa shape index (κ1) is 13.6. The quantitative estimate of drug-likeness (QED) is 0.578. The Balaban J connectivity index is 1.78. The van der Waals surface area contributed by atoms with Crippen molar-refractivity contribution >= 4 is 6.08 Å². The lowest BCUT2D eigenvalue weighted by atomic mass is 9.70. The molecule has 2 nitrogen and oxygen atoms in total. The fraction of sp³-hybridized carbons (Fsp3) is 0.611. The first-order chi connectivity index (χ1) is 9.55. The molecular weight excluding hydrogens is 246 g/mol. The number of hydrogen-bond donors (Lipinski definition) is 0. The summed E-state index contributed by atoms with van der Waals surface area (Å²) in [7, 11) is 0. The molecule has 1 aromatic rings. The Bertz CT molecular complexity index is 533. The molecule has 0 bridgehead atoms. The normalized spacial score (nSPS) is 26.6. The Morgan fingerprint density at radius 3 is 2.40 bits per heavy atom. The molecule has 2 aliphatic carbocycles. The summed E-state index contributed by atoms with van der Waals surface area (Å²) < 4.78 is 0. The predicted molar refractivity (Wildman–Crippen MR) is 80.5 cm³/mol. The van der Waals surface area contributed by atoms with Gasteiger partial charge in [0, 0.05) is 0 Å². The van der Waals surface area contributed by atoms with Crippen LogP contribution >= 0.6 is 0 Å². The molecule has 2 saturated carbocycles. The average Bonchev–Trinajstić information content (AvgIpc) is 3.19. The van der Waals surface area contributed by atoms with Crippen LogP contribution in [0, 0.1) is 5.41 Å². The zero-order chi connectivity index (χ0) is 14.2. The first-order valence-corrected chi connectivity index (χ1v) is 7.74. The van der Waals surface area contributed by atoms with Crippen molar-refractivity contribution in [3.05, 3.63) is 35.4 Å². The lowest BCUT2D eigenvalue weighted by Gasteiger charge is -2.35. The Kier molecular flexibility index (Phi) is 3.30. The fourth-order valence-electron chi connectivity index (χ4n) is 3.72. The van der Waals surface area contributed by atoms with Crippen LogP contribution in [0.1, 0.15) is 69.4 Å². The largest absolute Gasteiger partial charge is 0.235 e.